The van der Waals surface area contributed by atoms with Gasteiger partial charge in [0.05, 0.1) is 5.41 Å². The molecule has 0 radical (unpaired) electrons. The van der Waals surface area contributed by atoms with Crippen LogP contribution < -0.4 is 4.90 Å². The molecular formula is C45H53N2+. The van der Waals surface area contributed by atoms with Crippen molar-refractivity contribution >= 4 is 38.6 Å². The number of unbranched alkanes of at least 4 members (excludes halogenated alkanes) is 4. The number of fused-ring (bicyclic) bond motifs is 6. The van der Waals surface area contributed by atoms with Crippen molar-refractivity contribution in [2.45, 2.75) is 90.9 Å². The molecule has 0 amide bonds. The summed E-state index contributed by atoms with van der Waals surface area (Å²) in [7, 11) is 0. The largest absolute Gasteiger partial charge is 0.344 e. The van der Waals surface area contributed by atoms with Crippen molar-refractivity contribution in [3.8, 4) is 0 Å². The Morgan fingerprint density at radius 1 is 0.617 bits per heavy atom. The summed E-state index contributed by atoms with van der Waals surface area (Å²) in [6.45, 7) is 16.3. The van der Waals surface area contributed by atoms with Crippen LogP contribution in [-0.4, -0.2) is 23.4 Å². The summed E-state index contributed by atoms with van der Waals surface area (Å²) in [5, 5.41) is 5.39. The first-order valence-electron chi connectivity index (χ1n) is 18.0. The van der Waals surface area contributed by atoms with Crippen molar-refractivity contribution in [1.82, 2.24) is 0 Å². The molecule has 242 valence electrons. The van der Waals surface area contributed by atoms with Crippen LogP contribution in [0.5, 0.6) is 0 Å². The zero-order valence-electron chi connectivity index (χ0n) is 29.5. The first-order valence-corrected chi connectivity index (χ1v) is 18.0. The van der Waals surface area contributed by atoms with Crippen molar-refractivity contribution in [1.29, 1.82) is 0 Å². The third kappa shape index (κ3) is 6.16. The first-order chi connectivity index (χ1) is 22.8. The number of anilines is 1. The van der Waals surface area contributed by atoms with Crippen LogP contribution in [0.3, 0.4) is 0 Å². The molecule has 2 aliphatic heterocycles. The standard InChI is InChI=1S/C45H53N2/c1-7-9-20-32-46-38-30-28-34-22-16-18-24-36(34)42(38)44(3,4)40(46)26-14-12-11-13-15-27-41-45(5,6)43-37-25-19-17-23-35(37)29-31-39(43)47(41)33-21-10-8-2/h11-19,22-31H,7-10,20-21,32-33H2,1-6H3/q+1. The SMILES string of the molecule is CCCCCN1\C(=C/C=C/C=C/C=C/C2=[N+](CCCCC)c3ccc4ccccc4c3C2(C)C)C(C)(C)c2c1ccc1ccccc21. The van der Waals surface area contributed by atoms with Gasteiger partial charge in [0, 0.05) is 47.5 Å². The number of hydrogen-bond acceptors (Lipinski definition) is 1. The maximum atomic E-state index is 2.58. The molecule has 0 saturated carbocycles. The lowest BCUT2D eigenvalue weighted by molar-refractivity contribution is -0.438. The summed E-state index contributed by atoms with van der Waals surface area (Å²) in [4.78, 5) is 2.58. The molecule has 4 aromatic rings. The molecule has 2 nitrogen and oxygen atoms in total. The Balaban J connectivity index is 1.26. The zero-order chi connectivity index (χ0) is 33.0. The van der Waals surface area contributed by atoms with Gasteiger partial charge in [-0.05, 0) is 72.0 Å². The summed E-state index contributed by atoms with van der Waals surface area (Å²) in [6.07, 6.45) is 23.1. The Hall–Kier alpha value is -4.17. The minimum Gasteiger partial charge on any atom is -0.344 e. The molecule has 0 aliphatic carbocycles. The van der Waals surface area contributed by atoms with E-state index in [0.29, 0.717) is 0 Å². The van der Waals surface area contributed by atoms with E-state index >= 15 is 0 Å². The van der Waals surface area contributed by atoms with Gasteiger partial charge in [-0.2, -0.15) is 4.58 Å². The van der Waals surface area contributed by atoms with E-state index in [1.165, 1.54) is 94.0 Å². The minimum absolute atomic E-state index is 0.0680. The predicted octanol–water partition coefficient (Wildman–Crippen LogP) is 12.1. The van der Waals surface area contributed by atoms with E-state index in [-0.39, 0.29) is 10.8 Å². The Labute approximate surface area is 283 Å². The van der Waals surface area contributed by atoms with Crippen LogP contribution in [-0.2, 0) is 10.8 Å². The second-order valence-electron chi connectivity index (χ2n) is 14.4. The number of rotatable bonds is 12. The average Bonchev–Trinajstić information content (AvgIpc) is 3.43. The molecule has 4 aromatic carbocycles. The van der Waals surface area contributed by atoms with Crippen LogP contribution in [0.1, 0.15) is 91.2 Å². The van der Waals surface area contributed by atoms with Gasteiger partial charge >= 0.3 is 0 Å². The molecule has 0 N–H and O–H groups in total. The maximum Gasteiger partial charge on any atom is 0.210 e. The van der Waals surface area contributed by atoms with Gasteiger partial charge in [0.2, 0.25) is 5.69 Å². The van der Waals surface area contributed by atoms with E-state index in [1.807, 2.05) is 0 Å². The first kappa shape index (κ1) is 32.8. The highest BCUT2D eigenvalue weighted by atomic mass is 15.2. The van der Waals surface area contributed by atoms with Crippen molar-refractivity contribution in [3.05, 3.63) is 132 Å². The lowest BCUT2D eigenvalue weighted by atomic mass is 9.79. The van der Waals surface area contributed by atoms with Crippen LogP contribution >= 0.6 is 0 Å². The van der Waals surface area contributed by atoms with Gasteiger partial charge < -0.3 is 4.90 Å². The van der Waals surface area contributed by atoms with E-state index in [9.17, 15) is 0 Å². The summed E-state index contributed by atoms with van der Waals surface area (Å²) in [5.41, 5.74) is 8.29. The van der Waals surface area contributed by atoms with Gasteiger partial charge in [-0.3, -0.25) is 0 Å². The van der Waals surface area contributed by atoms with Crippen molar-refractivity contribution in [3.63, 3.8) is 0 Å². The van der Waals surface area contributed by atoms with E-state index in [0.717, 1.165) is 13.1 Å². The van der Waals surface area contributed by atoms with Crippen LogP contribution in [0.2, 0.25) is 0 Å². The highest BCUT2D eigenvalue weighted by Crippen LogP contribution is 2.51. The second-order valence-corrected chi connectivity index (χ2v) is 14.4. The van der Waals surface area contributed by atoms with Gasteiger partial charge in [0.15, 0.2) is 5.71 Å². The quantitative estimate of drug-likeness (QED) is 0.0866. The average molecular weight is 622 g/mol. The summed E-state index contributed by atoms with van der Waals surface area (Å²) in [5.74, 6) is 0. The third-order valence-electron chi connectivity index (χ3n) is 10.4. The molecule has 2 heteroatoms. The predicted molar refractivity (Wildman–Crippen MR) is 206 cm³/mol. The lowest BCUT2D eigenvalue weighted by Crippen LogP contribution is -2.28. The van der Waals surface area contributed by atoms with Gasteiger partial charge in [-0.1, -0.05) is 132 Å². The fraction of sp³-hybridized carbons (Fsp3) is 0.356. The Kier molecular flexibility index (Phi) is 9.69. The summed E-state index contributed by atoms with van der Waals surface area (Å²) >= 11 is 0. The zero-order valence-corrected chi connectivity index (χ0v) is 29.5. The topological polar surface area (TPSA) is 6.25 Å². The van der Waals surface area contributed by atoms with Gasteiger partial charge in [-0.25, -0.2) is 0 Å². The number of allylic oxidation sites excluding steroid dienone is 8. The minimum atomic E-state index is -0.0680. The molecule has 2 aliphatic rings. The van der Waals surface area contributed by atoms with Crippen molar-refractivity contribution in [2.75, 3.05) is 18.0 Å². The summed E-state index contributed by atoms with van der Waals surface area (Å²) < 4.78 is 2.58. The van der Waals surface area contributed by atoms with E-state index < -0.39 is 0 Å². The van der Waals surface area contributed by atoms with E-state index in [4.69, 9.17) is 0 Å². The lowest BCUT2D eigenvalue weighted by Gasteiger charge is -2.27. The molecule has 47 heavy (non-hydrogen) atoms. The smallest absolute Gasteiger partial charge is 0.210 e. The van der Waals surface area contributed by atoms with Crippen LogP contribution in [0.25, 0.3) is 21.5 Å². The highest BCUT2D eigenvalue weighted by Gasteiger charge is 2.45. The Bertz CT molecular complexity index is 1910. The number of nitrogens with zero attached hydrogens (tertiary/aromatic N) is 2. The van der Waals surface area contributed by atoms with E-state index in [2.05, 4.69) is 166 Å². The molecule has 0 bridgehead atoms. The number of hydrogen-bond donors (Lipinski definition) is 0. The Morgan fingerprint density at radius 3 is 1.96 bits per heavy atom. The van der Waals surface area contributed by atoms with Gasteiger partial charge in [0.1, 0.15) is 6.54 Å². The second kappa shape index (κ2) is 13.9. The monoisotopic (exact) mass is 621 g/mol. The fourth-order valence-corrected chi connectivity index (χ4v) is 8.08. The number of benzene rings is 4. The molecular weight excluding hydrogens is 569 g/mol. The highest BCUT2D eigenvalue weighted by molar-refractivity contribution is 6.07. The van der Waals surface area contributed by atoms with Gasteiger partial charge in [-0.15, -0.1) is 0 Å². The van der Waals surface area contributed by atoms with Crippen molar-refractivity contribution in [2.24, 2.45) is 0 Å². The Morgan fingerprint density at radius 2 is 1.23 bits per heavy atom. The van der Waals surface area contributed by atoms with Gasteiger partial charge in [0.25, 0.3) is 0 Å². The van der Waals surface area contributed by atoms with Crippen LogP contribution in [0.15, 0.2) is 121 Å². The molecule has 6 rings (SSSR count). The molecule has 0 aromatic heterocycles. The summed E-state index contributed by atoms with van der Waals surface area (Å²) in [6, 6.07) is 27.0. The molecule has 0 fully saturated rings. The molecule has 0 atom stereocenters. The third-order valence-corrected chi connectivity index (χ3v) is 10.4. The molecule has 0 spiro atoms. The van der Waals surface area contributed by atoms with E-state index in [1.54, 1.807) is 0 Å². The molecule has 2 heterocycles. The molecule has 0 saturated heterocycles. The van der Waals surface area contributed by atoms with Crippen LogP contribution in [0.4, 0.5) is 11.4 Å². The van der Waals surface area contributed by atoms with Crippen molar-refractivity contribution < 1.29 is 4.58 Å². The fourth-order valence-electron chi connectivity index (χ4n) is 8.08. The van der Waals surface area contributed by atoms with Crippen LogP contribution in [0, 0.1) is 0 Å². The normalized spacial score (nSPS) is 17.8. The molecule has 0 unspecified atom stereocenters. The maximum absolute atomic E-state index is 2.58.